The van der Waals surface area contributed by atoms with Crippen LogP contribution in [0, 0.1) is 12.8 Å². The van der Waals surface area contributed by atoms with E-state index in [1.807, 2.05) is 39.0 Å². The van der Waals surface area contributed by atoms with Crippen LogP contribution < -0.4 is 15.0 Å². The highest BCUT2D eigenvalue weighted by molar-refractivity contribution is 6.02. The normalized spacial score (nSPS) is 17.6. The molecule has 2 aliphatic rings. The fourth-order valence-corrected chi connectivity index (χ4v) is 3.51. The maximum Gasteiger partial charge on any atom is 0.265 e. The predicted molar refractivity (Wildman–Crippen MR) is 102 cm³/mol. The number of ether oxygens (including phenoxy) is 1. The largest absolute Gasteiger partial charge is 0.482 e. The number of aryl methyl sites for hydroxylation is 1. The van der Waals surface area contributed by atoms with Crippen LogP contribution in [-0.4, -0.2) is 54.9 Å². The van der Waals surface area contributed by atoms with Gasteiger partial charge in [0.05, 0.1) is 5.69 Å². The maximum atomic E-state index is 12.8. The van der Waals surface area contributed by atoms with Crippen LogP contribution in [0.3, 0.4) is 0 Å². The van der Waals surface area contributed by atoms with Crippen LogP contribution in [0.5, 0.6) is 5.75 Å². The van der Waals surface area contributed by atoms with Crippen molar-refractivity contribution in [3.63, 3.8) is 0 Å². The molecular weight excluding hydrogens is 346 g/mol. The molecule has 27 heavy (non-hydrogen) atoms. The van der Waals surface area contributed by atoms with Gasteiger partial charge in [0.25, 0.3) is 5.91 Å². The third kappa shape index (κ3) is 4.40. The summed E-state index contributed by atoms with van der Waals surface area (Å²) in [6.07, 6.45) is 1.30. The highest BCUT2D eigenvalue weighted by atomic mass is 16.5. The molecule has 0 spiro atoms. The summed E-state index contributed by atoms with van der Waals surface area (Å²) in [6, 6.07) is 5.73. The molecule has 0 bridgehead atoms. The number of amides is 3. The Morgan fingerprint density at radius 3 is 2.63 bits per heavy atom. The van der Waals surface area contributed by atoms with Gasteiger partial charge in [-0.15, -0.1) is 0 Å². The van der Waals surface area contributed by atoms with Crippen LogP contribution >= 0.6 is 0 Å². The quantitative estimate of drug-likeness (QED) is 0.867. The summed E-state index contributed by atoms with van der Waals surface area (Å²) in [5.74, 6) is 0.319. The molecule has 7 nitrogen and oxygen atoms in total. The standard InChI is InChI=1S/C20H27N3O4/c1-13(2)21-20(26)15-6-8-22(9-7-15)18(24)11-23-16-10-14(3)4-5-17(16)27-12-19(23)25/h4-5,10,13,15H,6-9,11-12H2,1-3H3,(H,21,26). The van der Waals surface area contributed by atoms with Crippen molar-refractivity contribution in [3.8, 4) is 5.75 Å². The molecule has 3 amide bonds. The summed E-state index contributed by atoms with van der Waals surface area (Å²) in [5.41, 5.74) is 1.65. The van der Waals surface area contributed by atoms with E-state index in [4.69, 9.17) is 4.74 Å². The van der Waals surface area contributed by atoms with Crippen LogP contribution in [0.15, 0.2) is 18.2 Å². The summed E-state index contributed by atoms with van der Waals surface area (Å²) < 4.78 is 5.46. The van der Waals surface area contributed by atoms with Crippen molar-refractivity contribution < 1.29 is 19.1 Å². The molecule has 1 aromatic rings. The van der Waals surface area contributed by atoms with Crippen LogP contribution in [0.1, 0.15) is 32.3 Å². The van der Waals surface area contributed by atoms with Gasteiger partial charge in [-0.3, -0.25) is 19.3 Å². The number of benzene rings is 1. The van der Waals surface area contributed by atoms with Gasteiger partial charge >= 0.3 is 0 Å². The minimum Gasteiger partial charge on any atom is -0.482 e. The zero-order valence-corrected chi connectivity index (χ0v) is 16.2. The highest BCUT2D eigenvalue weighted by Gasteiger charge is 2.31. The Morgan fingerprint density at radius 1 is 1.26 bits per heavy atom. The number of fused-ring (bicyclic) bond motifs is 1. The molecule has 2 aliphatic heterocycles. The van der Waals surface area contributed by atoms with E-state index in [1.54, 1.807) is 4.90 Å². The van der Waals surface area contributed by atoms with Gasteiger partial charge in [0.1, 0.15) is 12.3 Å². The van der Waals surface area contributed by atoms with Crippen molar-refractivity contribution in [2.45, 2.75) is 39.7 Å². The number of anilines is 1. The number of likely N-dealkylation sites (tertiary alicyclic amines) is 1. The Kier molecular flexibility index (Phi) is 5.68. The lowest BCUT2D eigenvalue weighted by Gasteiger charge is -2.34. The Morgan fingerprint density at radius 2 is 1.96 bits per heavy atom. The van der Waals surface area contributed by atoms with E-state index in [0.717, 1.165) is 5.56 Å². The fraction of sp³-hybridized carbons (Fsp3) is 0.550. The first-order valence-corrected chi connectivity index (χ1v) is 9.47. The molecule has 1 saturated heterocycles. The predicted octanol–water partition coefficient (Wildman–Crippen LogP) is 1.48. The summed E-state index contributed by atoms with van der Waals surface area (Å²) >= 11 is 0. The van der Waals surface area contributed by atoms with Crippen molar-refractivity contribution in [2.24, 2.45) is 5.92 Å². The Balaban J connectivity index is 1.61. The second-order valence-electron chi connectivity index (χ2n) is 7.56. The minimum atomic E-state index is -0.215. The van der Waals surface area contributed by atoms with Gasteiger partial charge in [-0.2, -0.15) is 0 Å². The van der Waals surface area contributed by atoms with Crippen LogP contribution in [0.4, 0.5) is 5.69 Å². The first-order valence-electron chi connectivity index (χ1n) is 9.47. The van der Waals surface area contributed by atoms with Gasteiger partial charge in [-0.1, -0.05) is 6.07 Å². The van der Waals surface area contributed by atoms with Crippen LogP contribution in [0.2, 0.25) is 0 Å². The molecular formula is C20H27N3O4. The second kappa shape index (κ2) is 7.98. The number of nitrogens with zero attached hydrogens (tertiary/aromatic N) is 2. The summed E-state index contributed by atoms with van der Waals surface area (Å²) in [6.45, 7) is 6.84. The number of hydrogen-bond donors (Lipinski definition) is 1. The molecule has 0 atom stereocenters. The third-order valence-electron chi connectivity index (χ3n) is 5.00. The van der Waals surface area contributed by atoms with E-state index in [1.165, 1.54) is 4.90 Å². The van der Waals surface area contributed by atoms with Crippen LogP contribution in [0.25, 0.3) is 0 Å². The first-order chi connectivity index (χ1) is 12.8. The zero-order valence-electron chi connectivity index (χ0n) is 16.2. The average molecular weight is 373 g/mol. The van der Waals surface area contributed by atoms with Crippen molar-refractivity contribution in [1.82, 2.24) is 10.2 Å². The number of nitrogens with one attached hydrogen (secondary N) is 1. The molecule has 0 unspecified atom stereocenters. The Hall–Kier alpha value is -2.57. The molecule has 0 aliphatic carbocycles. The molecule has 0 radical (unpaired) electrons. The summed E-state index contributed by atoms with van der Waals surface area (Å²) in [4.78, 5) is 40.4. The number of carbonyl (C=O) groups is 3. The van der Waals surface area contributed by atoms with Gasteiger partial charge < -0.3 is 15.0 Å². The van der Waals surface area contributed by atoms with Gasteiger partial charge in [-0.25, -0.2) is 0 Å². The van der Waals surface area contributed by atoms with E-state index in [-0.39, 0.29) is 42.8 Å². The van der Waals surface area contributed by atoms with Gasteiger partial charge in [0.15, 0.2) is 6.61 Å². The smallest absolute Gasteiger partial charge is 0.265 e. The molecule has 1 N–H and O–H groups in total. The molecule has 146 valence electrons. The van der Waals surface area contributed by atoms with Crippen molar-refractivity contribution in [2.75, 3.05) is 31.1 Å². The molecule has 7 heteroatoms. The zero-order chi connectivity index (χ0) is 19.6. The molecule has 3 rings (SSSR count). The first kappa shape index (κ1) is 19.2. The lowest BCUT2D eigenvalue weighted by atomic mass is 9.95. The lowest BCUT2D eigenvalue weighted by Crippen LogP contribution is -2.49. The monoisotopic (exact) mass is 373 g/mol. The van der Waals surface area contributed by atoms with E-state index >= 15 is 0 Å². The Labute approximate surface area is 159 Å². The van der Waals surface area contributed by atoms with Gasteiger partial charge in [0, 0.05) is 25.0 Å². The van der Waals surface area contributed by atoms with Gasteiger partial charge in [-0.05, 0) is 51.3 Å². The Bertz CT molecular complexity index is 739. The molecule has 0 aromatic heterocycles. The maximum absolute atomic E-state index is 12.8. The van der Waals surface area contributed by atoms with Crippen molar-refractivity contribution in [1.29, 1.82) is 0 Å². The lowest BCUT2D eigenvalue weighted by molar-refractivity contribution is -0.135. The van der Waals surface area contributed by atoms with Crippen molar-refractivity contribution >= 4 is 23.4 Å². The van der Waals surface area contributed by atoms with Crippen LogP contribution in [-0.2, 0) is 14.4 Å². The average Bonchev–Trinajstić information content (AvgIpc) is 2.63. The molecule has 0 saturated carbocycles. The molecule has 1 aromatic carbocycles. The summed E-state index contributed by atoms with van der Waals surface area (Å²) in [5, 5.41) is 2.94. The SMILES string of the molecule is Cc1ccc2c(c1)N(CC(=O)N1CCC(C(=O)NC(C)C)CC1)C(=O)CO2. The number of carbonyl (C=O) groups excluding carboxylic acids is 3. The highest BCUT2D eigenvalue weighted by Crippen LogP contribution is 2.33. The fourth-order valence-electron chi connectivity index (χ4n) is 3.51. The number of hydrogen-bond acceptors (Lipinski definition) is 4. The van der Waals surface area contributed by atoms with E-state index in [0.29, 0.717) is 37.4 Å². The third-order valence-corrected chi connectivity index (χ3v) is 5.00. The molecule has 1 fully saturated rings. The van der Waals surface area contributed by atoms with E-state index in [2.05, 4.69) is 5.32 Å². The van der Waals surface area contributed by atoms with E-state index < -0.39 is 0 Å². The molecule has 2 heterocycles. The minimum absolute atomic E-state index is 0.00149. The number of rotatable bonds is 4. The summed E-state index contributed by atoms with van der Waals surface area (Å²) in [7, 11) is 0. The van der Waals surface area contributed by atoms with Crippen molar-refractivity contribution in [3.05, 3.63) is 23.8 Å². The van der Waals surface area contributed by atoms with Gasteiger partial charge in [0.2, 0.25) is 11.8 Å². The van der Waals surface area contributed by atoms with E-state index in [9.17, 15) is 14.4 Å². The topological polar surface area (TPSA) is 79.0 Å². The number of piperidine rings is 1. The second-order valence-corrected chi connectivity index (χ2v) is 7.56.